The summed E-state index contributed by atoms with van der Waals surface area (Å²) in [6.07, 6.45) is 5.92. The van der Waals surface area contributed by atoms with E-state index in [0.717, 1.165) is 19.6 Å². The summed E-state index contributed by atoms with van der Waals surface area (Å²) in [5.74, 6) is 1.77. The number of nitrogens with one attached hydrogen (secondary N) is 1. The zero-order chi connectivity index (χ0) is 14.7. The molecule has 9 heteroatoms. The van der Waals surface area contributed by atoms with Gasteiger partial charge in [0, 0.05) is 19.6 Å². The number of thioether (sulfide) groups is 1. The van der Waals surface area contributed by atoms with Gasteiger partial charge in [-0.2, -0.15) is 19.6 Å². The van der Waals surface area contributed by atoms with Crippen molar-refractivity contribution in [1.29, 1.82) is 0 Å². The highest BCUT2D eigenvalue weighted by atomic mass is 32.2. The molecule has 0 saturated carbocycles. The van der Waals surface area contributed by atoms with Gasteiger partial charge in [-0.15, -0.1) is 5.10 Å². The summed E-state index contributed by atoms with van der Waals surface area (Å²) in [6.45, 7) is 4.75. The lowest BCUT2D eigenvalue weighted by molar-refractivity contribution is 0.758. The van der Waals surface area contributed by atoms with Crippen molar-refractivity contribution >= 4 is 23.7 Å². The molecule has 3 rings (SSSR count). The third-order valence-corrected chi connectivity index (χ3v) is 3.75. The van der Waals surface area contributed by atoms with Crippen LogP contribution in [0.25, 0.3) is 5.95 Å². The van der Waals surface area contributed by atoms with Gasteiger partial charge < -0.3 is 10.2 Å². The molecule has 1 aliphatic heterocycles. The summed E-state index contributed by atoms with van der Waals surface area (Å²) in [6, 6.07) is 0. The molecule has 8 nitrogen and oxygen atoms in total. The molecule has 0 aliphatic carbocycles. The molecule has 2 aromatic heterocycles. The maximum atomic E-state index is 4.53. The molecule has 112 valence electrons. The van der Waals surface area contributed by atoms with Crippen molar-refractivity contribution in [3.63, 3.8) is 0 Å². The summed E-state index contributed by atoms with van der Waals surface area (Å²) in [7, 11) is 0. The molecule has 0 radical (unpaired) electrons. The van der Waals surface area contributed by atoms with Gasteiger partial charge >= 0.3 is 0 Å². The van der Waals surface area contributed by atoms with E-state index in [-0.39, 0.29) is 0 Å². The van der Waals surface area contributed by atoms with Gasteiger partial charge in [-0.25, -0.2) is 4.98 Å². The molecule has 1 fully saturated rings. The van der Waals surface area contributed by atoms with E-state index in [1.165, 1.54) is 24.6 Å². The molecular weight excluding hydrogens is 288 g/mol. The molecule has 3 heterocycles. The van der Waals surface area contributed by atoms with E-state index < -0.39 is 0 Å². The molecule has 0 bridgehead atoms. The second-order valence-corrected chi connectivity index (χ2v) is 5.43. The monoisotopic (exact) mass is 306 g/mol. The lowest BCUT2D eigenvalue weighted by Crippen LogP contribution is -2.22. The smallest absolute Gasteiger partial charge is 0.258 e. The second-order valence-electron chi connectivity index (χ2n) is 4.66. The Hall–Kier alpha value is -1.90. The first-order chi connectivity index (χ1) is 10.3. The van der Waals surface area contributed by atoms with Crippen molar-refractivity contribution in [2.75, 3.05) is 36.1 Å². The zero-order valence-electron chi connectivity index (χ0n) is 12.2. The molecular formula is C12H18N8S. The second kappa shape index (κ2) is 6.25. The minimum absolute atomic E-state index is 0.496. The van der Waals surface area contributed by atoms with Gasteiger partial charge in [0.25, 0.3) is 5.95 Å². The van der Waals surface area contributed by atoms with E-state index >= 15 is 0 Å². The number of nitrogens with zero attached hydrogens (tertiary/aromatic N) is 7. The molecule has 1 N–H and O–H groups in total. The Bertz CT molecular complexity index is 607. The summed E-state index contributed by atoms with van der Waals surface area (Å²) < 4.78 is 1.59. The van der Waals surface area contributed by atoms with Crippen molar-refractivity contribution in [2.24, 2.45) is 0 Å². The topological polar surface area (TPSA) is 84.7 Å². The third-order valence-electron chi connectivity index (χ3n) is 3.19. The SMILES string of the molecule is CCNc1nc(N2CCCC2)nc(-n2cnc(SC)n2)n1. The number of aromatic nitrogens is 6. The molecule has 2 aromatic rings. The minimum atomic E-state index is 0.496. The van der Waals surface area contributed by atoms with Crippen LogP contribution in [0.1, 0.15) is 19.8 Å². The number of hydrogen-bond acceptors (Lipinski definition) is 8. The maximum Gasteiger partial charge on any atom is 0.258 e. The number of hydrogen-bond donors (Lipinski definition) is 1. The van der Waals surface area contributed by atoms with Crippen LogP contribution in [0.2, 0.25) is 0 Å². The molecule has 0 spiro atoms. The Balaban J connectivity index is 1.97. The molecule has 0 unspecified atom stereocenters. The van der Waals surface area contributed by atoms with Crippen LogP contribution < -0.4 is 10.2 Å². The van der Waals surface area contributed by atoms with Gasteiger partial charge in [-0.3, -0.25) is 0 Å². The van der Waals surface area contributed by atoms with Crippen molar-refractivity contribution in [3.8, 4) is 5.95 Å². The Morgan fingerprint density at radius 3 is 2.62 bits per heavy atom. The summed E-state index contributed by atoms with van der Waals surface area (Å²) >= 11 is 1.49. The molecule has 1 saturated heterocycles. The van der Waals surface area contributed by atoms with E-state index in [9.17, 15) is 0 Å². The normalized spacial score (nSPS) is 14.7. The zero-order valence-corrected chi connectivity index (χ0v) is 13.0. The summed E-state index contributed by atoms with van der Waals surface area (Å²) in [4.78, 5) is 19.8. The highest BCUT2D eigenvalue weighted by Gasteiger charge is 2.18. The Morgan fingerprint density at radius 2 is 1.95 bits per heavy atom. The lowest BCUT2D eigenvalue weighted by atomic mass is 10.4. The van der Waals surface area contributed by atoms with Crippen molar-refractivity contribution in [3.05, 3.63) is 6.33 Å². The highest BCUT2D eigenvalue weighted by Crippen LogP contribution is 2.18. The van der Waals surface area contributed by atoms with Crippen LogP contribution in [-0.2, 0) is 0 Å². The predicted octanol–water partition coefficient (Wildman–Crippen LogP) is 1.21. The molecule has 0 atom stereocenters. The first-order valence-electron chi connectivity index (χ1n) is 7.01. The third kappa shape index (κ3) is 3.07. The molecule has 21 heavy (non-hydrogen) atoms. The van der Waals surface area contributed by atoms with Crippen LogP contribution in [0.4, 0.5) is 11.9 Å². The first kappa shape index (κ1) is 14.1. The largest absolute Gasteiger partial charge is 0.354 e. The van der Waals surface area contributed by atoms with Crippen LogP contribution in [0.15, 0.2) is 11.5 Å². The minimum Gasteiger partial charge on any atom is -0.354 e. The van der Waals surface area contributed by atoms with Gasteiger partial charge in [0.15, 0.2) is 0 Å². The van der Waals surface area contributed by atoms with Gasteiger partial charge in [0.1, 0.15) is 6.33 Å². The molecule has 0 amide bonds. The van der Waals surface area contributed by atoms with Crippen molar-refractivity contribution in [2.45, 2.75) is 24.9 Å². The average Bonchev–Trinajstić information content (AvgIpc) is 3.19. The van der Waals surface area contributed by atoms with Gasteiger partial charge in [-0.05, 0) is 26.0 Å². The summed E-state index contributed by atoms with van der Waals surface area (Å²) in [5.41, 5.74) is 0. The quantitative estimate of drug-likeness (QED) is 0.825. The fourth-order valence-corrected chi connectivity index (χ4v) is 2.51. The van der Waals surface area contributed by atoms with E-state index in [0.29, 0.717) is 23.0 Å². The predicted molar refractivity (Wildman–Crippen MR) is 82.1 cm³/mol. The highest BCUT2D eigenvalue weighted by molar-refractivity contribution is 7.98. The van der Waals surface area contributed by atoms with E-state index in [2.05, 4.69) is 35.3 Å². The van der Waals surface area contributed by atoms with Crippen LogP contribution in [0.3, 0.4) is 0 Å². The van der Waals surface area contributed by atoms with Crippen LogP contribution in [-0.4, -0.2) is 55.6 Å². The number of anilines is 2. The average molecular weight is 306 g/mol. The lowest BCUT2D eigenvalue weighted by Gasteiger charge is -2.16. The fraction of sp³-hybridized carbons (Fsp3) is 0.583. The standard InChI is InChI=1S/C12H18N8S/c1-3-13-9-15-10(19-6-4-5-7-19)17-11(16-9)20-8-14-12(18-20)21-2/h8H,3-7H2,1-2H3,(H,13,15,16,17). The Morgan fingerprint density at radius 1 is 1.19 bits per heavy atom. The molecule has 0 aromatic carbocycles. The van der Waals surface area contributed by atoms with Crippen molar-refractivity contribution in [1.82, 2.24) is 29.7 Å². The molecule has 1 aliphatic rings. The fourth-order valence-electron chi connectivity index (χ4n) is 2.19. The Kier molecular flexibility index (Phi) is 4.18. The van der Waals surface area contributed by atoms with Crippen LogP contribution >= 0.6 is 11.8 Å². The first-order valence-corrected chi connectivity index (χ1v) is 8.23. The van der Waals surface area contributed by atoms with Crippen molar-refractivity contribution < 1.29 is 0 Å². The van der Waals surface area contributed by atoms with Gasteiger partial charge in [0.05, 0.1) is 0 Å². The Labute approximate surface area is 127 Å². The van der Waals surface area contributed by atoms with E-state index in [1.807, 2.05) is 13.2 Å². The van der Waals surface area contributed by atoms with Crippen LogP contribution in [0.5, 0.6) is 0 Å². The number of rotatable bonds is 5. The van der Waals surface area contributed by atoms with Gasteiger partial charge in [-0.1, -0.05) is 11.8 Å². The van der Waals surface area contributed by atoms with E-state index in [1.54, 1.807) is 11.0 Å². The van der Waals surface area contributed by atoms with E-state index in [4.69, 9.17) is 0 Å². The van der Waals surface area contributed by atoms with Crippen LogP contribution in [0, 0.1) is 0 Å². The summed E-state index contributed by atoms with van der Waals surface area (Å²) in [5, 5.41) is 8.18. The van der Waals surface area contributed by atoms with Gasteiger partial charge in [0.2, 0.25) is 17.1 Å². The maximum absolute atomic E-state index is 4.53.